The Hall–Kier alpha value is -2.27. The van der Waals surface area contributed by atoms with Crippen LogP contribution in [0.4, 0.5) is 0 Å². The minimum absolute atomic E-state index is 0.598. The highest BCUT2D eigenvalue weighted by Gasteiger charge is 2.09. The molecule has 2 heterocycles. The third kappa shape index (κ3) is 3.25. The molecule has 108 valence electrons. The number of nitrogens with zero attached hydrogens (tertiary/aromatic N) is 3. The lowest BCUT2D eigenvalue weighted by molar-refractivity contribution is 0.364. The van der Waals surface area contributed by atoms with Crippen LogP contribution in [0.1, 0.15) is 19.7 Å². The molecule has 0 aliphatic heterocycles. The summed E-state index contributed by atoms with van der Waals surface area (Å²) in [6.45, 7) is 5.85. The quantitative estimate of drug-likeness (QED) is 0.779. The Labute approximate surface area is 123 Å². The van der Waals surface area contributed by atoms with Crippen molar-refractivity contribution in [1.29, 1.82) is 0 Å². The maximum atomic E-state index is 5.27. The van der Waals surface area contributed by atoms with Gasteiger partial charge in [-0.25, -0.2) is 0 Å². The molecule has 1 N–H and O–H groups in total. The van der Waals surface area contributed by atoms with Crippen molar-refractivity contribution in [1.82, 2.24) is 20.4 Å². The molecular formula is C16H18N4O. The summed E-state index contributed by atoms with van der Waals surface area (Å²) in [5, 5.41) is 8.40. The first kappa shape index (κ1) is 13.7. The van der Waals surface area contributed by atoms with Crippen molar-refractivity contribution in [2.45, 2.75) is 20.4 Å². The highest BCUT2D eigenvalue weighted by molar-refractivity contribution is 5.82. The molecule has 21 heavy (non-hydrogen) atoms. The zero-order valence-corrected chi connectivity index (χ0v) is 12.2. The maximum absolute atomic E-state index is 5.27. The van der Waals surface area contributed by atoms with Crippen LogP contribution >= 0.6 is 0 Å². The predicted octanol–water partition coefficient (Wildman–Crippen LogP) is 3.03. The molecule has 5 nitrogen and oxygen atoms in total. The van der Waals surface area contributed by atoms with Gasteiger partial charge in [-0.2, -0.15) is 4.98 Å². The molecule has 0 spiro atoms. The van der Waals surface area contributed by atoms with Gasteiger partial charge in [-0.15, -0.1) is 0 Å². The first-order chi connectivity index (χ1) is 10.2. The summed E-state index contributed by atoms with van der Waals surface area (Å²) in [7, 11) is 0. The standard InChI is InChI=1S/C16H18N4O/c1-11(2)9-17-10-15-19-16(20-21-15)13-5-6-14-12(8-13)4-3-7-18-14/h3-8,11,17H,9-10H2,1-2H3. The summed E-state index contributed by atoms with van der Waals surface area (Å²) >= 11 is 0. The second kappa shape index (κ2) is 6.01. The van der Waals surface area contributed by atoms with Gasteiger partial charge in [0, 0.05) is 17.1 Å². The lowest BCUT2D eigenvalue weighted by atomic mass is 10.1. The Balaban J connectivity index is 1.77. The number of pyridine rings is 1. The van der Waals surface area contributed by atoms with Crippen LogP contribution in [0.5, 0.6) is 0 Å². The van der Waals surface area contributed by atoms with Gasteiger partial charge in [-0.3, -0.25) is 4.98 Å². The fourth-order valence-corrected chi connectivity index (χ4v) is 2.13. The molecule has 0 atom stereocenters. The van der Waals surface area contributed by atoms with Crippen LogP contribution in [0.2, 0.25) is 0 Å². The molecule has 3 aromatic rings. The highest BCUT2D eigenvalue weighted by Crippen LogP contribution is 2.21. The predicted molar refractivity (Wildman–Crippen MR) is 81.6 cm³/mol. The van der Waals surface area contributed by atoms with E-state index in [-0.39, 0.29) is 0 Å². The topological polar surface area (TPSA) is 63.8 Å². The van der Waals surface area contributed by atoms with Crippen molar-refractivity contribution < 1.29 is 4.52 Å². The lowest BCUT2D eigenvalue weighted by Crippen LogP contribution is -2.19. The number of benzene rings is 1. The van der Waals surface area contributed by atoms with Crippen LogP contribution in [-0.2, 0) is 6.54 Å². The third-order valence-corrected chi connectivity index (χ3v) is 3.16. The molecule has 0 aliphatic rings. The van der Waals surface area contributed by atoms with Crippen molar-refractivity contribution in [3.63, 3.8) is 0 Å². The fourth-order valence-electron chi connectivity index (χ4n) is 2.13. The Morgan fingerprint density at radius 1 is 1.24 bits per heavy atom. The molecule has 0 amide bonds. The van der Waals surface area contributed by atoms with Gasteiger partial charge in [0.1, 0.15) is 0 Å². The average molecular weight is 282 g/mol. The van der Waals surface area contributed by atoms with Crippen LogP contribution < -0.4 is 5.32 Å². The molecule has 0 fully saturated rings. The van der Waals surface area contributed by atoms with Gasteiger partial charge in [-0.1, -0.05) is 25.1 Å². The average Bonchev–Trinajstić information content (AvgIpc) is 2.95. The summed E-state index contributed by atoms with van der Waals surface area (Å²) < 4.78 is 5.27. The lowest BCUT2D eigenvalue weighted by Gasteiger charge is -2.03. The van der Waals surface area contributed by atoms with Gasteiger partial charge >= 0.3 is 0 Å². The number of hydrogen-bond acceptors (Lipinski definition) is 5. The van der Waals surface area contributed by atoms with Crippen LogP contribution in [0.3, 0.4) is 0 Å². The second-order valence-corrected chi connectivity index (χ2v) is 5.45. The van der Waals surface area contributed by atoms with Crippen molar-refractivity contribution in [3.05, 3.63) is 42.4 Å². The summed E-state index contributed by atoms with van der Waals surface area (Å²) in [4.78, 5) is 8.73. The van der Waals surface area contributed by atoms with E-state index in [2.05, 4.69) is 34.3 Å². The van der Waals surface area contributed by atoms with E-state index in [9.17, 15) is 0 Å². The number of fused-ring (bicyclic) bond motifs is 1. The van der Waals surface area contributed by atoms with E-state index in [1.54, 1.807) is 6.20 Å². The highest BCUT2D eigenvalue weighted by atomic mass is 16.5. The molecule has 1 aromatic carbocycles. The summed E-state index contributed by atoms with van der Waals surface area (Å²) in [6, 6.07) is 9.91. The SMILES string of the molecule is CC(C)CNCc1nc(-c2ccc3ncccc3c2)no1. The Morgan fingerprint density at radius 2 is 2.14 bits per heavy atom. The van der Waals surface area contributed by atoms with E-state index in [4.69, 9.17) is 4.52 Å². The fraction of sp³-hybridized carbons (Fsp3) is 0.312. The molecular weight excluding hydrogens is 264 g/mol. The first-order valence-electron chi connectivity index (χ1n) is 7.11. The molecule has 0 bridgehead atoms. The van der Waals surface area contributed by atoms with Gasteiger partial charge in [0.05, 0.1) is 12.1 Å². The van der Waals surface area contributed by atoms with E-state index < -0.39 is 0 Å². The van der Waals surface area contributed by atoms with Crippen molar-refractivity contribution in [2.75, 3.05) is 6.54 Å². The van der Waals surface area contributed by atoms with Gasteiger partial charge in [0.25, 0.3) is 0 Å². The Morgan fingerprint density at radius 3 is 3.00 bits per heavy atom. The summed E-state index contributed by atoms with van der Waals surface area (Å²) in [5.74, 6) is 1.82. The van der Waals surface area contributed by atoms with E-state index >= 15 is 0 Å². The van der Waals surface area contributed by atoms with Gasteiger partial charge < -0.3 is 9.84 Å². The van der Waals surface area contributed by atoms with Gasteiger partial charge in [0.2, 0.25) is 11.7 Å². The van der Waals surface area contributed by atoms with E-state index in [0.717, 1.165) is 23.0 Å². The van der Waals surface area contributed by atoms with Crippen molar-refractivity contribution >= 4 is 10.9 Å². The van der Waals surface area contributed by atoms with E-state index in [1.165, 1.54) is 0 Å². The maximum Gasteiger partial charge on any atom is 0.240 e. The smallest absolute Gasteiger partial charge is 0.240 e. The van der Waals surface area contributed by atoms with E-state index in [1.807, 2.05) is 30.3 Å². The monoisotopic (exact) mass is 282 g/mol. The van der Waals surface area contributed by atoms with Gasteiger partial charge in [-0.05, 0) is 36.7 Å². The normalized spacial score (nSPS) is 11.4. The van der Waals surface area contributed by atoms with Gasteiger partial charge in [0.15, 0.2) is 0 Å². The largest absolute Gasteiger partial charge is 0.338 e. The Bertz CT molecular complexity index is 736. The van der Waals surface area contributed by atoms with Crippen LogP contribution in [-0.4, -0.2) is 21.7 Å². The number of hydrogen-bond donors (Lipinski definition) is 1. The molecule has 0 saturated carbocycles. The minimum atomic E-state index is 0.598. The molecule has 2 aromatic heterocycles. The number of aromatic nitrogens is 3. The van der Waals surface area contributed by atoms with Crippen LogP contribution in [0.15, 0.2) is 41.1 Å². The molecule has 5 heteroatoms. The van der Waals surface area contributed by atoms with E-state index in [0.29, 0.717) is 24.2 Å². The minimum Gasteiger partial charge on any atom is -0.338 e. The second-order valence-electron chi connectivity index (χ2n) is 5.45. The third-order valence-electron chi connectivity index (χ3n) is 3.16. The zero-order chi connectivity index (χ0) is 14.7. The summed E-state index contributed by atoms with van der Waals surface area (Å²) in [5.41, 5.74) is 1.90. The summed E-state index contributed by atoms with van der Waals surface area (Å²) in [6.07, 6.45) is 1.79. The molecule has 0 aliphatic carbocycles. The molecule has 0 saturated heterocycles. The first-order valence-corrected chi connectivity index (χ1v) is 7.11. The van der Waals surface area contributed by atoms with Crippen LogP contribution in [0.25, 0.3) is 22.3 Å². The van der Waals surface area contributed by atoms with Crippen LogP contribution in [0, 0.1) is 5.92 Å². The molecule has 3 rings (SSSR count). The number of rotatable bonds is 5. The van der Waals surface area contributed by atoms with Crippen molar-refractivity contribution in [2.24, 2.45) is 5.92 Å². The zero-order valence-electron chi connectivity index (χ0n) is 12.2. The molecule has 0 unspecified atom stereocenters. The molecule has 0 radical (unpaired) electrons. The number of nitrogens with one attached hydrogen (secondary N) is 1. The van der Waals surface area contributed by atoms with Crippen molar-refractivity contribution in [3.8, 4) is 11.4 Å². The Kier molecular flexibility index (Phi) is 3.92.